The average molecular weight is 354 g/mol. The van der Waals surface area contributed by atoms with Crippen molar-refractivity contribution >= 4 is 17.5 Å². The molecule has 6 heteroatoms. The Labute approximate surface area is 142 Å². The van der Waals surface area contributed by atoms with E-state index in [2.05, 4.69) is 5.32 Å². The molecule has 1 aliphatic rings. The van der Waals surface area contributed by atoms with E-state index in [9.17, 15) is 18.0 Å². The zero-order valence-electron chi connectivity index (χ0n) is 12.7. The highest BCUT2D eigenvalue weighted by Crippen LogP contribution is 2.48. The lowest BCUT2D eigenvalue weighted by Crippen LogP contribution is -2.34. The van der Waals surface area contributed by atoms with E-state index >= 15 is 0 Å². The first-order valence-corrected chi connectivity index (χ1v) is 7.89. The zero-order valence-corrected chi connectivity index (χ0v) is 13.4. The first-order chi connectivity index (χ1) is 11.3. The van der Waals surface area contributed by atoms with Crippen LogP contribution in [0.5, 0.6) is 0 Å². The molecular formula is C18H15ClF3NO. The molecule has 0 bridgehead atoms. The third-order valence-electron chi connectivity index (χ3n) is 4.32. The molecular weight excluding hydrogens is 339 g/mol. The predicted octanol–water partition coefficient (Wildman–Crippen LogP) is 4.71. The van der Waals surface area contributed by atoms with Gasteiger partial charge in [0, 0.05) is 11.6 Å². The Hall–Kier alpha value is -2.01. The second kappa shape index (κ2) is 6.13. The highest BCUT2D eigenvalue weighted by atomic mass is 35.5. The lowest BCUT2D eigenvalue weighted by molar-refractivity contribution is -0.137. The molecule has 0 saturated heterocycles. The molecule has 24 heavy (non-hydrogen) atoms. The molecule has 1 fully saturated rings. The lowest BCUT2D eigenvalue weighted by Gasteiger charge is -2.16. The molecule has 126 valence electrons. The van der Waals surface area contributed by atoms with Gasteiger partial charge in [0.05, 0.1) is 11.0 Å². The van der Waals surface area contributed by atoms with Gasteiger partial charge in [-0.15, -0.1) is 0 Å². The molecule has 1 N–H and O–H groups in total. The van der Waals surface area contributed by atoms with Gasteiger partial charge in [-0.1, -0.05) is 35.9 Å². The summed E-state index contributed by atoms with van der Waals surface area (Å²) >= 11 is 5.87. The van der Waals surface area contributed by atoms with Gasteiger partial charge in [-0.2, -0.15) is 13.2 Å². The topological polar surface area (TPSA) is 29.1 Å². The second-order valence-electron chi connectivity index (χ2n) is 5.97. The van der Waals surface area contributed by atoms with Gasteiger partial charge in [-0.05, 0) is 48.2 Å². The molecule has 2 aromatic rings. The van der Waals surface area contributed by atoms with E-state index in [1.54, 1.807) is 12.1 Å². The maximum absolute atomic E-state index is 12.5. The molecule has 0 radical (unpaired) electrons. The average Bonchev–Trinajstić information content (AvgIpc) is 3.34. The summed E-state index contributed by atoms with van der Waals surface area (Å²) in [6.07, 6.45) is -2.84. The number of benzene rings is 2. The molecule has 0 aliphatic heterocycles. The van der Waals surface area contributed by atoms with Crippen LogP contribution in [0.25, 0.3) is 0 Å². The molecule has 1 aliphatic carbocycles. The van der Waals surface area contributed by atoms with Crippen LogP contribution >= 0.6 is 11.6 Å². The van der Waals surface area contributed by atoms with Gasteiger partial charge < -0.3 is 5.32 Å². The maximum Gasteiger partial charge on any atom is 0.416 e. The van der Waals surface area contributed by atoms with Crippen LogP contribution in [-0.2, 0) is 22.9 Å². The van der Waals surface area contributed by atoms with Crippen LogP contribution in [0.15, 0.2) is 48.5 Å². The van der Waals surface area contributed by atoms with Gasteiger partial charge in [0.25, 0.3) is 0 Å². The molecule has 0 unspecified atom stereocenters. The van der Waals surface area contributed by atoms with Gasteiger partial charge in [0.15, 0.2) is 0 Å². The monoisotopic (exact) mass is 353 g/mol. The Bertz CT molecular complexity index is 734. The van der Waals surface area contributed by atoms with Gasteiger partial charge in [-0.25, -0.2) is 0 Å². The summed E-state index contributed by atoms with van der Waals surface area (Å²) in [5.41, 5.74) is 0.314. The first-order valence-electron chi connectivity index (χ1n) is 7.52. The Morgan fingerprint density at radius 3 is 2.12 bits per heavy atom. The van der Waals surface area contributed by atoms with Crippen LogP contribution in [0.1, 0.15) is 29.5 Å². The van der Waals surface area contributed by atoms with Gasteiger partial charge in [0.2, 0.25) is 5.91 Å². The minimum atomic E-state index is -4.35. The number of amides is 1. The number of carbonyl (C=O) groups is 1. The first kappa shape index (κ1) is 16.8. The maximum atomic E-state index is 12.5. The Morgan fingerprint density at radius 2 is 1.62 bits per heavy atom. The van der Waals surface area contributed by atoms with Crippen LogP contribution in [-0.4, -0.2) is 5.91 Å². The van der Waals surface area contributed by atoms with Crippen molar-refractivity contribution in [1.29, 1.82) is 0 Å². The highest BCUT2D eigenvalue weighted by molar-refractivity contribution is 6.30. The highest BCUT2D eigenvalue weighted by Gasteiger charge is 2.51. The van der Waals surface area contributed by atoms with Crippen LogP contribution in [0, 0.1) is 0 Å². The van der Waals surface area contributed by atoms with E-state index in [0.29, 0.717) is 10.6 Å². The van der Waals surface area contributed by atoms with E-state index in [1.807, 2.05) is 12.1 Å². The number of carbonyl (C=O) groups excluding carboxylic acids is 1. The smallest absolute Gasteiger partial charge is 0.351 e. The van der Waals surface area contributed by atoms with Crippen molar-refractivity contribution < 1.29 is 18.0 Å². The molecule has 0 spiro atoms. The van der Waals surface area contributed by atoms with E-state index in [1.165, 1.54) is 12.1 Å². The largest absolute Gasteiger partial charge is 0.416 e. The van der Waals surface area contributed by atoms with Crippen LogP contribution < -0.4 is 5.32 Å². The molecule has 3 rings (SSSR count). The third kappa shape index (κ3) is 3.41. The Kier molecular flexibility index (Phi) is 4.30. The van der Waals surface area contributed by atoms with Crippen LogP contribution in [0.4, 0.5) is 13.2 Å². The van der Waals surface area contributed by atoms with Crippen molar-refractivity contribution in [1.82, 2.24) is 5.32 Å². The predicted molar refractivity (Wildman–Crippen MR) is 85.7 cm³/mol. The van der Waals surface area contributed by atoms with Crippen molar-refractivity contribution in [2.24, 2.45) is 0 Å². The Morgan fingerprint density at radius 1 is 1.04 bits per heavy atom. The number of hydrogen-bond donors (Lipinski definition) is 1. The van der Waals surface area contributed by atoms with Gasteiger partial charge in [0.1, 0.15) is 0 Å². The van der Waals surface area contributed by atoms with Crippen molar-refractivity contribution in [3.8, 4) is 0 Å². The molecule has 1 amide bonds. The summed E-state index contributed by atoms with van der Waals surface area (Å²) < 4.78 is 37.6. The summed E-state index contributed by atoms with van der Waals surface area (Å²) in [7, 11) is 0. The molecule has 2 nitrogen and oxygen atoms in total. The van der Waals surface area contributed by atoms with Crippen molar-refractivity contribution in [2.45, 2.75) is 31.0 Å². The van der Waals surface area contributed by atoms with E-state index in [-0.39, 0.29) is 12.5 Å². The summed E-state index contributed by atoms with van der Waals surface area (Å²) in [5, 5.41) is 3.43. The summed E-state index contributed by atoms with van der Waals surface area (Å²) in [4.78, 5) is 12.5. The van der Waals surface area contributed by atoms with E-state index in [0.717, 1.165) is 30.5 Å². The second-order valence-corrected chi connectivity index (χ2v) is 6.40. The standard InChI is InChI=1S/C18H15ClF3NO/c19-15-7-5-13(6-8-15)17(9-10-17)16(24)23-11-12-1-3-14(4-2-12)18(20,21)22/h1-8H,9-11H2,(H,23,24). The van der Waals surface area contributed by atoms with Crippen LogP contribution in [0.2, 0.25) is 5.02 Å². The molecule has 0 heterocycles. The van der Waals surface area contributed by atoms with Crippen molar-refractivity contribution in [3.63, 3.8) is 0 Å². The fourth-order valence-electron chi connectivity index (χ4n) is 2.70. The summed E-state index contributed by atoms with van der Waals surface area (Å²) in [5.74, 6) is -0.107. The number of halogens is 4. The van der Waals surface area contributed by atoms with Crippen LogP contribution in [0.3, 0.4) is 0 Å². The fourth-order valence-corrected chi connectivity index (χ4v) is 2.83. The number of hydrogen-bond acceptors (Lipinski definition) is 1. The number of nitrogens with one attached hydrogen (secondary N) is 1. The van der Waals surface area contributed by atoms with Crippen molar-refractivity contribution in [3.05, 3.63) is 70.2 Å². The Balaban J connectivity index is 1.64. The van der Waals surface area contributed by atoms with E-state index < -0.39 is 17.2 Å². The normalized spacial score (nSPS) is 15.8. The number of alkyl halides is 3. The third-order valence-corrected chi connectivity index (χ3v) is 4.57. The van der Waals surface area contributed by atoms with Gasteiger partial charge >= 0.3 is 6.18 Å². The van der Waals surface area contributed by atoms with Gasteiger partial charge in [-0.3, -0.25) is 4.79 Å². The molecule has 0 aromatic heterocycles. The SMILES string of the molecule is O=C(NCc1ccc(C(F)(F)F)cc1)C1(c2ccc(Cl)cc2)CC1. The minimum absolute atomic E-state index is 0.107. The number of rotatable bonds is 4. The quantitative estimate of drug-likeness (QED) is 0.847. The lowest BCUT2D eigenvalue weighted by atomic mass is 9.95. The molecule has 1 saturated carbocycles. The van der Waals surface area contributed by atoms with Crippen molar-refractivity contribution in [2.75, 3.05) is 0 Å². The fraction of sp³-hybridized carbons (Fsp3) is 0.278. The molecule has 2 aromatic carbocycles. The van der Waals surface area contributed by atoms with E-state index in [4.69, 9.17) is 11.6 Å². The summed E-state index contributed by atoms with van der Waals surface area (Å²) in [6, 6.07) is 12.0. The minimum Gasteiger partial charge on any atom is -0.351 e. The zero-order chi connectivity index (χ0) is 17.4. The summed E-state index contributed by atoms with van der Waals surface area (Å²) in [6.45, 7) is 0.201. The molecule has 0 atom stereocenters.